The first-order valence-electron chi connectivity index (χ1n) is 13.8. The summed E-state index contributed by atoms with van der Waals surface area (Å²) in [5.41, 5.74) is 2.45. The van der Waals surface area contributed by atoms with Crippen molar-refractivity contribution in [3.8, 4) is 11.5 Å². The summed E-state index contributed by atoms with van der Waals surface area (Å²) in [6.45, 7) is 5.45. The van der Waals surface area contributed by atoms with Crippen molar-refractivity contribution >= 4 is 10.9 Å². The van der Waals surface area contributed by atoms with Crippen molar-refractivity contribution in [3.63, 3.8) is 0 Å². The van der Waals surface area contributed by atoms with E-state index in [1.165, 1.54) is 5.56 Å². The van der Waals surface area contributed by atoms with Crippen molar-refractivity contribution in [1.29, 1.82) is 0 Å². The number of pyridine rings is 1. The largest absolute Gasteiger partial charge is 0.497 e. The fraction of sp³-hybridized carbons (Fsp3) is 0.448. The second-order valence-electron chi connectivity index (χ2n) is 10.4. The molecule has 11 nitrogen and oxygen atoms in total. The normalized spacial score (nSPS) is 19.2. The molecular formula is C29H35N7O4. The molecule has 0 bridgehead atoms. The van der Waals surface area contributed by atoms with Crippen molar-refractivity contribution < 1.29 is 14.2 Å². The van der Waals surface area contributed by atoms with Gasteiger partial charge in [0.15, 0.2) is 5.82 Å². The van der Waals surface area contributed by atoms with E-state index in [2.05, 4.69) is 42.4 Å². The lowest BCUT2D eigenvalue weighted by Crippen LogP contribution is -2.48. The number of methoxy groups -OCH3 is 2. The van der Waals surface area contributed by atoms with Crippen molar-refractivity contribution in [2.75, 3.05) is 47.0 Å². The van der Waals surface area contributed by atoms with Gasteiger partial charge in [0.2, 0.25) is 0 Å². The molecule has 0 aliphatic carbocycles. The average molecular weight is 546 g/mol. The zero-order valence-corrected chi connectivity index (χ0v) is 23.0. The fourth-order valence-electron chi connectivity index (χ4n) is 5.71. The Bertz CT molecular complexity index is 1490. The Morgan fingerprint density at radius 2 is 1.80 bits per heavy atom. The van der Waals surface area contributed by atoms with Crippen LogP contribution >= 0.6 is 0 Å². The lowest BCUT2D eigenvalue weighted by molar-refractivity contribution is 0.0840. The number of nitrogens with one attached hydrogen (secondary N) is 1. The van der Waals surface area contributed by atoms with Gasteiger partial charge >= 0.3 is 0 Å². The van der Waals surface area contributed by atoms with Gasteiger partial charge in [-0.1, -0.05) is 12.1 Å². The van der Waals surface area contributed by atoms with Gasteiger partial charge in [-0.2, -0.15) is 0 Å². The minimum Gasteiger partial charge on any atom is -0.497 e. The number of aromatic amines is 1. The number of aromatic nitrogens is 5. The number of piperazine rings is 1. The molecule has 4 aromatic rings. The Morgan fingerprint density at radius 3 is 2.52 bits per heavy atom. The molecule has 0 saturated carbocycles. The molecule has 210 valence electrons. The summed E-state index contributed by atoms with van der Waals surface area (Å²) in [5.74, 6) is 2.22. The lowest BCUT2D eigenvalue weighted by Gasteiger charge is -2.38. The van der Waals surface area contributed by atoms with Crippen LogP contribution in [0.5, 0.6) is 11.5 Å². The number of fused-ring (bicyclic) bond motifs is 1. The van der Waals surface area contributed by atoms with Gasteiger partial charge < -0.3 is 19.2 Å². The van der Waals surface area contributed by atoms with Gasteiger partial charge in [-0.25, -0.2) is 4.68 Å². The van der Waals surface area contributed by atoms with E-state index >= 15 is 0 Å². The van der Waals surface area contributed by atoms with Gasteiger partial charge in [-0.3, -0.25) is 14.6 Å². The summed E-state index contributed by atoms with van der Waals surface area (Å²) in [6.07, 6.45) is 2.09. The third-order valence-corrected chi connectivity index (χ3v) is 7.92. The molecule has 0 radical (unpaired) electrons. The maximum Gasteiger partial charge on any atom is 0.253 e. The SMILES string of the molecule is COc1ccc(CN2CCN(C(c3cc4ccc(OC)cc4[nH]c3=O)c3nnnn3CC3CCCO3)CC2)cc1. The van der Waals surface area contributed by atoms with Gasteiger partial charge in [0, 0.05) is 51.0 Å². The highest BCUT2D eigenvalue weighted by atomic mass is 16.5. The third kappa shape index (κ3) is 5.58. The summed E-state index contributed by atoms with van der Waals surface area (Å²) < 4.78 is 18.3. The third-order valence-electron chi connectivity index (χ3n) is 7.92. The van der Waals surface area contributed by atoms with Gasteiger partial charge in [-0.15, -0.1) is 5.10 Å². The molecule has 1 N–H and O–H groups in total. The molecule has 6 rings (SSSR count). The van der Waals surface area contributed by atoms with Crippen LogP contribution in [0.3, 0.4) is 0 Å². The van der Waals surface area contributed by atoms with E-state index in [-0.39, 0.29) is 11.7 Å². The molecule has 2 aliphatic heterocycles. The maximum absolute atomic E-state index is 13.6. The Kier molecular flexibility index (Phi) is 7.76. The van der Waals surface area contributed by atoms with Crippen LogP contribution in [0.25, 0.3) is 10.9 Å². The number of nitrogens with zero attached hydrogens (tertiary/aromatic N) is 6. The van der Waals surface area contributed by atoms with Crippen LogP contribution < -0.4 is 15.0 Å². The minimum absolute atomic E-state index is 0.0756. The van der Waals surface area contributed by atoms with Crippen LogP contribution in [0.15, 0.2) is 53.3 Å². The number of hydrogen-bond acceptors (Lipinski definition) is 9. The molecule has 2 aromatic heterocycles. The molecule has 2 atom stereocenters. The summed E-state index contributed by atoms with van der Waals surface area (Å²) in [6, 6.07) is 15.5. The van der Waals surface area contributed by atoms with E-state index in [9.17, 15) is 4.79 Å². The Balaban J connectivity index is 1.29. The molecule has 11 heteroatoms. The number of rotatable bonds is 9. The molecule has 0 spiro atoms. The van der Waals surface area contributed by atoms with Crippen LogP contribution in [0.4, 0.5) is 0 Å². The van der Waals surface area contributed by atoms with Gasteiger partial charge in [0.1, 0.15) is 17.5 Å². The lowest BCUT2D eigenvalue weighted by atomic mass is 10.0. The average Bonchev–Trinajstić information content (AvgIpc) is 3.67. The highest BCUT2D eigenvalue weighted by Crippen LogP contribution is 2.29. The monoisotopic (exact) mass is 545 g/mol. The predicted molar refractivity (Wildman–Crippen MR) is 150 cm³/mol. The molecule has 2 saturated heterocycles. The van der Waals surface area contributed by atoms with Crippen LogP contribution in [0, 0.1) is 0 Å². The van der Waals surface area contributed by atoms with E-state index in [0.717, 1.165) is 68.8 Å². The first kappa shape index (κ1) is 26.4. The number of benzene rings is 2. The van der Waals surface area contributed by atoms with Gasteiger partial charge in [0.05, 0.1) is 32.4 Å². The van der Waals surface area contributed by atoms with Crippen molar-refractivity contribution in [1.82, 2.24) is 35.0 Å². The Labute approximate surface area is 232 Å². The van der Waals surface area contributed by atoms with Crippen LogP contribution in [0.1, 0.15) is 35.8 Å². The molecule has 2 aromatic carbocycles. The molecule has 40 heavy (non-hydrogen) atoms. The van der Waals surface area contributed by atoms with Gasteiger partial charge in [0.25, 0.3) is 5.56 Å². The number of H-pyrrole nitrogens is 1. The molecule has 2 aliphatic rings. The number of tetrazole rings is 1. The maximum atomic E-state index is 13.6. The standard InChI is InChI=1S/C29H35N7O4/c1-38-22-8-5-20(6-9-22)18-34-11-13-35(14-12-34)27(28-31-32-33-36(28)19-24-4-3-15-40-24)25-16-21-7-10-23(39-2)17-26(21)30-29(25)37/h5-10,16-17,24,27H,3-4,11-15,18-19H2,1-2H3,(H,30,37). The Hall–Kier alpha value is -3.80. The van der Waals surface area contributed by atoms with Crippen molar-refractivity contribution in [2.45, 2.75) is 38.1 Å². The zero-order valence-electron chi connectivity index (χ0n) is 23.0. The second-order valence-corrected chi connectivity index (χ2v) is 10.4. The van der Waals surface area contributed by atoms with Gasteiger partial charge in [-0.05, 0) is 64.5 Å². The fourth-order valence-corrected chi connectivity index (χ4v) is 5.71. The summed E-state index contributed by atoms with van der Waals surface area (Å²) in [7, 11) is 3.30. The van der Waals surface area contributed by atoms with E-state index in [1.807, 2.05) is 41.1 Å². The molecule has 0 amide bonds. The zero-order chi connectivity index (χ0) is 27.5. The Morgan fingerprint density at radius 1 is 1.02 bits per heavy atom. The first-order valence-corrected chi connectivity index (χ1v) is 13.8. The van der Waals surface area contributed by atoms with E-state index in [1.54, 1.807) is 14.2 Å². The van der Waals surface area contributed by atoms with E-state index in [0.29, 0.717) is 23.7 Å². The van der Waals surface area contributed by atoms with Crippen LogP contribution in [-0.4, -0.2) is 88.1 Å². The van der Waals surface area contributed by atoms with Crippen LogP contribution in [0.2, 0.25) is 0 Å². The molecular weight excluding hydrogens is 510 g/mol. The summed E-state index contributed by atoms with van der Waals surface area (Å²) in [5, 5.41) is 13.8. The molecule has 2 fully saturated rings. The van der Waals surface area contributed by atoms with Crippen LogP contribution in [-0.2, 0) is 17.8 Å². The van der Waals surface area contributed by atoms with Crippen molar-refractivity contribution in [2.24, 2.45) is 0 Å². The molecule has 4 heterocycles. The highest BCUT2D eigenvalue weighted by molar-refractivity contribution is 5.80. The number of hydrogen-bond donors (Lipinski definition) is 1. The minimum atomic E-state index is -0.394. The quantitative estimate of drug-likeness (QED) is 0.339. The number of ether oxygens (including phenoxy) is 3. The molecule has 2 unspecified atom stereocenters. The van der Waals surface area contributed by atoms with Crippen molar-refractivity contribution in [3.05, 3.63) is 75.8 Å². The highest BCUT2D eigenvalue weighted by Gasteiger charge is 2.33. The topological polar surface area (TPSA) is 111 Å². The first-order chi connectivity index (χ1) is 19.6. The van der Waals surface area contributed by atoms with E-state index < -0.39 is 6.04 Å². The predicted octanol–water partition coefficient (Wildman–Crippen LogP) is 2.62. The van der Waals surface area contributed by atoms with E-state index in [4.69, 9.17) is 14.2 Å². The summed E-state index contributed by atoms with van der Waals surface area (Å²) in [4.78, 5) is 21.4. The second kappa shape index (κ2) is 11.7. The summed E-state index contributed by atoms with van der Waals surface area (Å²) >= 11 is 0. The smallest absolute Gasteiger partial charge is 0.253 e.